The zero-order valence-corrected chi connectivity index (χ0v) is 18.4. The standard InChI is InChI=1S/C23H25N3O5S/c1-2-19(22(27)28)26-20-11-7-6-10-17(20)18-14-15(12-13-21(18)26)24-23(29)25-32(30,31)16-8-4-3-5-9-16/h3-11,15,19H,2,12-14H2,1H3,(H,27,28)(H2,24,25,29)/t15-,19?/m1/s1. The second-order valence-corrected chi connectivity index (χ2v) is 9.59. The zero-order valence-electron chi connectivity index (χ0n) is 17.6. The van der Waals surface area contributed by atoms with Crippen LogP contribution in [0.3, 0.4) is 0 Å². The van der Waals surface area contributed by atoms with Crippen molar-refractivity contribution in [2.75, 3.05) is 0 Å². The van der Waals surface area contributed by atoms with Crippen molar-refractivity contribution in [2.24, 2.45) is 0 Å². The first-order valence-electron chi connectivity index (χ1n) is 10.5. The highest BCUT2D eigenvalue weighted by Crippen LogP contribution is 2.35. The fourth-order valence-corrected chi connectivity index (χ4v) is 5.42. The average Bonchev–Trinajstić information content (AvgIpc) is 3.08. The number of hydrogen-bond donors (Lipinski definition) is 3. The molecule has 0 aliphatic heterocycles. The van der Waals surface area contributed by atoms with E-state index in [0.29, 0.717) is 25.7 Å². The van der Waals surface area contributed by atoms with Gasteiger partial charge in [-0.1, -0.05) is 43.3 Å². The number of carbonyl (C=O) groups is 2. The van der Waals surface area contributed by atoms with E-state index in [1.54, 1.807) is 18.2 Å². The second kappa shape index (κ2) is 8.66. The van der Waals surface area contributed by atoms with Gasteiger partial charge in [0.25, 0.3) is 10.0 Å². The van der Waals surface area contributed by atoms with Crippen LogP contribution in [0.15, 0.2) is 59.5 Å². The Morgan fingerprint density at radius 3 is 2.50 bits per heavy atom. The number of aliphatic carboxylic acids is 1. The van der Waals surface area contributed by atoms with Crippen LogP contribution in [0.4, 0.5) is 4.79 Å². The van der Waals surface area contributed by atoms with Gasteiger partial charge in [-0.2, -0.15) is 0 Å². The Bertz CT molecular complexity index is 1270. The van der Waals surface area contributed by atoms with Crippen LogP contribution < -0.4 is 10.0 Å². The molecule has 4 rings (SSSR count). The number of rotatable bonds is 6. The number of fused-ring (bicyclic) bond motifs is 3. The lowest BCUT2D eigenvalue weighted by atomic mass is 9.91. The summed E-state index contributed by atoms with van der Waals surface area (Å²) in [7, 11) is -3.96. The van der Waals surface area contributed by atoms with E-state index in [4.69, 9.17) is 0 Å². The first-order chi connectivity index (χ1) is 15.3. The van der Waals surface area contributed by atoms with Crippen LogP contribution in [-0.2, 0) is 27.7 Å². The molecule has 32 heavy (non-hydrogen) atoms. The normalized spacial score (nSPS) is 16.8. The topological polar surface area (TPSA) is 118 Å². The minimum Gasteiger partial charge on any atom is -0.480 e. The van der Waals surface area contributed by atoms with Gasteiger partial charge in [0.1, 0.15) is 6.04 Å². The number of urea groups is 1. The van der Waals surface area contributed by atoms with Crippen molar-refractivity contribution in [1.29, 1.82) is 0 Å². The van der Waals surface area contributed by atoms with Crippen molar-refractivity contribution in [3.05, 3.63) is 65.9 Å². The van der Waals surface area contributed by atoms with Gasteiger partial charge >= 0.3 is 12.0 Å². The van der Waals surface area contributed by atoms with Gasteiger partial charge in [0.2, 0.25) is 0 Å². The van der Waals surface area contributed by atoms with Crippen molar-refractivity contribution in [3.8, 4) is 0 Å². The number of hydrogen-bond acceptors (Lipinski definition) is 4. The molecule has 1 aromatic heterocycles. The maximum absolute atomic E-state index is 12.4. The Hall–Kier alpha value is -3.33. The summed E-state index contributed by atoms with van der Waals surface area (Å²) in [6.45, 7) is 1.85. The molecule has 1 heterocycles. The molecule has 0 fully saturated rings. The van der Waals surface area contributed by atoms with Gasteiger partial charge in [0, 0.05) is 22.6 Å². The highest BCUT2D eigenvalue weighted by Gasteiger charge is 2.31. The molecule has 9 heteroatoms. The van der Waals surface area contributed by atoms with E-state index in [1.165, 1.54) is 12.1 Å². The smallest absolute Gasteiger partial charge is 0.328 e. The Morgan fingerprint density at radius 1 is 1.12 bits per heavy atom. The van der Waals surface area contributed by atoms with E-state index < -0.39 is 28.1 Å². The van der Waals surface area contributed by atoms with Crippen molar-refractivity contribution in [3.63, 3.8) is 0 Å². The van der Waals surface area contributed by atoms with E-state index in [9.17, 15) is 23.1 Å². The highest BCUT2D eigenvalue weighted by atomic mass is 32.2. The van der Waals surface area contributed by atoms with Crippen molar-refractivity contribution in [1.82, 2.24) is 14.6 Å². The molecule has 0 radical (unpaired) electrons. The number of benzene rings is 2. The number of aromatic nitrogens is 1. The summed E-state index contributed by atoms with van der Waals surface area (Å²) in [5.74, 6) is -0.873. The molecule has 2 amide bonds. The van der Waals surface area contributed by atoms with Gasteiger partial charge in [-0.15, -0.1) is 0 Å². The number of carboxylic acids is 1. The number of carbonyl (C=O) groups excluding carboxylic acids is 1. The molecule has 0 saturated heterocycles. The fraction of sp³-hybridized carbons (Fsp3) is 0.304. The molecule has 168 valence electrons. The molecular weight excluding hydrogens is 430 g/mol. The van der Waals surface area contributed by atoms with Crippen LogP contribution in [0.2, 0.25) is 0 Å². The molecular formula is C23H25N3O5S. The predicted molar refractivity (Wildman–Crippen MR) is 120 cm³/mol. The Labute approximate surface area is 186 Å². The Balaban J connectivity index is 1.57. The Kier molecular flexibility index (Phi) is 5.92. The molecule has 3 N–H and O–H groups in total. The quantitative estimate of drug-likeness (QED) is 0.528. The van der Waals surface area contributed by atoms with Crippen LogP contribution in [-0.4, -0.2) is 36.1 Å². The maximum Gasteiger partial charge on any atom is 0.328 e. The number of amides is 2. The largest absolute Gasteiger partial charge is 0.480 e. The van der Waals surface area contributed by atoms with Crippen LogP contribution in [0, 0.1) is 0 Å². The zero-order chi connectivity index (χ0) is 22.9. The van der Waals surface area contributed by atoms with Crippen molar-refractivity contribution < 1.29 is 23.1 Å². The van der Waals surface area contributed by atoms with Gasteiger partial charge in [-0.25, -0.2) is 22.7 Å². The van der Waals surface area contributed by atoms with Gasteiger partial charge < -0.3 is 15.0 Å². The molecule has 2 aromatic carbocycles. The van der Waals surface area contributed by atoms with Crippen LogP contribution >= 0.6 is 0 Å². The summed E-state index contributed by atoms with van der Waals surface area (Å²) >= 11 is 0. The summed E-state index contributed by atoms with van der Waals surface area (Å²) in [5.41, 5.74) is 2.84. The molecule has 0 saturated carbocycles. The third kappa shape index (κ3) is 4.08. The first kappa shape index (κ1) is 21.9. The van der Waals surface area contributed by atoms with E-state index in [1.807, 2.05) is 35.8 Å². The maximum atomic E-state index is 12.4. The van der Waals surface area contributed by atoms with Crippen molar-refractivity contribution >= 4 is 32.9 Å². The van der Waals surface area contributed by atoms with E-state index in [2.05, 4.69) is 10.0 Å². The average molecular weight is 456 g/mol. The summed E-state index contributed by atoms with van der Waals surface area (Å²) in [5, 5.41) is 13.5. The third-order valence-electron chi connectivity index (χ3n) is 5.91. The highest BCUT2D eigenvalue weighted by molar-refractivity contribution is 7.90. The minimum absolute atomic E-state index is 0.0171. The fourth-order valence-electron chi connectivity index (χ4n) is 4.49. The minimum atomic E-state index is -3.96. The van der Waals surface area contributed by atoms with E-state index >= 15 is 0 Å². The molecule has 2 atom stereocenters. The summed E-state index contributed by atoms with van der Waals surface area (Å²) in [4.78, 5) is 24.3. The van der Waals surface area contributed by atoms with Gasteiger partial charge in [0.15, 0.2) is 0 Å². The summed E-state index contributed by atoms with van der Waals surface area (Å²) in [6.07, 6.45) is 2.13. The van der Waals surface area contributed by atoms with Crippen LogP contribution in [0.5, 0.6) is 0 Å². The second-order valence-electron chi connectivity index (χ2n) is 7.91. The van der Waals surface area contributed by atoms with Gasteiger partial charge in [0.05, 0.1) is 4.90 Å². The molecule has 3 aromatic rings. The molecule has 0 bridgehead atoms. The summed E-state index contributed by atoms with van der Waals surface area (Å²) in [6, 6.07) is 13.7. The molecule has 1 aliphatic rings. The molecule has 1 unspecified atom stereocenters. The number of para-hydroxylation sites is 1. The molecule has 8 nitrogen and oxygen atoms in total. The number of sulfonamides is 1. The SMILES string of the molecule is CCC(C(=O)O)n1c2c(c3ccccc31)C[C@H](NC(=O)NS(=O)(=O)c1ccccc1)CC2. The monoisotopic (exact) mass is 455 g/mol. The molecule has 0 spiro atoms. The van der Waals surface area contributed by atoms with E-state index in [-0.39, 0.29) is 10.9 Å². The number of nitrogens with zero attached hydrogens (tertiary/aromatic N) is 1. The molecule has 1 aliphatic carbocycles. The lowest BCUT2D eigenvalue weighted by Crippen LogP contribution is -2.46. The van der Waals surface area contributed by atoms with Gasteiger partial charge in [-0.3, -0.25) is 0 Å². The Morgan fingerprint density at radius 2 is 1.81 bits per heavy atom. The number of nitrogens with one attached hydrogen (secondary N) is 2. The third-order valence-corrected chi connectivity index (χ3v) is 7.25. The van der Waals surface area contributed by atoms with Gasteiger partial charge in [-0.05, 0) is 49.4 Å². The lowest BCUT2D eigenvalue weighted by molar-refractivity contribution is -0.140. The van der Waals surface area contributed by atoms with Crippen molar-refractivity contribution in [2.45, 2.75) is 49.6 Å². The number of carboxylic acid groups (broad SMARTS) is 1. The van der Waals surface area contributed by atoms with Crippen LogP contribution in [0.1, 0.15) is 37.1 Å². The van der Waals surface area contributed by atoms with E-state index in [0.717, 1.165) is 22.2 Å². The van der Waals surface area contributed by atoms with Crippen LogP contribution in [0.25, 0.3) is 10.9 Å². The summed E-state index contributed by atoms with van der Waals surface area (Å²) < 4.78 is 28.8. The first-order valence-corrected chi connectivity index (χ1v) is 12.0. The lowest BCUT2D eigenvalue weighted by Gasteiger charge is -2.26. The predicted octanol–water partition coefficient (Wildman–Crippen LogP) is 3.22.